The maximum atomic E-state index is 12.7. The van der Waals surface area contributed by atoms with Crippen molar-refractivity contribution in [3.63, 3.8) is 0 Å². The van der Waals surface area contributed by atoms with Gasteiger partial charge in [-0.3, -0.25) is 9.52 Å². The largest absolute Gasteiger partial charge is 0.324 e. The van der Waals surface area contributed by atoms with E-state index in [1.165, 1.54) is 6.07 Å². The first kappa shape index (κ1) is 18.4. The van der Waals surface area contributed by atoms with Gasteiger partial charge in [0.25, 0.3) is 10.0 Å². The van der Waals surface area contributed by atoms with Gasteiger partial charge < -0.3 is 11.1 Å². The number of benzene rings is 2. The van der Waals surface area contributed by atoms with E-state index in [4.69, 9.17) is 5.73 Å². The second-order valence-corrected chi connectivity index (χ2v) is 8.42. The van der Waals surface area contributed by atoms with Crippen LogP contribution in [0.5, 0.6) is 0 Å². The van der Waals surface area contributed by atoms with Gasteiger partial charge in [-0.25, -0.2) is 8.42 Å². The Morgan fingerprint density at radius 2 is 1.69 bits per heavy atom. The predicted octanol–water partition coefficient (Wildman–Crippen LogP) is 3.01. The van der Waals surface area contributed by atoms with E-state index in [1.54, 1.807) is 43.3 Å². The van der Waals surface area contributed by atoms with Crippen molar-refractivity contribution in [1.82, 2.24) is 0 Å². The molecule has 0 aliphatic heterocycles. The van der Waals surface area contributed by atoms with Crippen molar-refractivity contribution in [2.75, 3.05) is 10.0 Å². The van der Waals surface area contributed by atoms with Crippen molar-refractivity contribution >= 4 is 27.3 Å². The van der Waals surface area contributed by atoms with Crippen LogP contribution in [-0.4, -0.2) is 19.9 Å². The van der Waals surface area contributed by atoms with Gasteiger partial charge in [0.2, 0.25) is 5.91 Å². The highest BCUT2D eigenvalue weighted by atomic mass is 32.2. The monoisotopic (exact) mass is 373 g/mol. The lowest BCUT2D eigenvalue weighted by molar-refractivity contribution is -0.121. The minimum atomic E-state index is -3.77. The molecule has 4 N–H and O–H groups in total. The quantitative estimate of drug-likeness (QED) is 0.750. The number of carbonyl (C=O) groups is 1. The third-order valence-electron chi connectivity index (χ3n) is 4.71. The van der Waals surface area contributed by atoms with Crippen molar-refractivity contribution in [3.05, 3.63) is 54.1 Å². The Morgan fingerprint density at radius 3 is 2.35 bits per heavy atom. The number of nitrogens with one attached hydrogen (secondary N) is 2. The van der Waals surface area contributed by atoms with Crippen molar-refractivity contribution in [2.45, 2.75) is 43.0 Å². The summed E-state index contributed by atoms with van der Waals surface area (Å²) in [7, 11) is -3.77. The summed E-state index contributed by atoms with van der Waals surface area (Å²) >= 11 is 0. The Kier molecular flexibility index (Phi) is 5.02. The third-order valence-corrected chi connectivity index (χ3v) is 6.23. The first-order valence-electron chi connectivity index (χ1n) is 8.59. The lowest BCUT2D eigenvalue weighted by Crippen LogP contribution is -2.48. The molecule has 2 aromatic carbocycles. The highest BCUT2D eigenvalue weighted by molar-refractivity contribution is 7.92. The molecule has 138 valence electrons. The van der Waals surface area contributed by atoms with E-state index in [0.717, 1.165) is 12.8 Å². The molecule has 1 fully saturated rings. The minimum absolute atomic E-state index is 0.122. The predicted molar refractivity (Wildman–Crippen MR) is 102 cm³/mol. The molecule has 0 aromatic heterocycles. The van der Waals surface area contributed by atoms with Crippen molar-refractivity contribution in [3.8, 4) is 0 Å². The molecule has 6 nitrogen and oxygen atoms in total. The van der Waals surface area contributed by atoms with E-state index in [1.807, 2.05) is 6.07 Å². The van der Waals surface area contributed by atoms with Gasteiger partial charge in [-0.15, -0.1) is 0 Å². The first-order valence-corrected chi connectivity index (χ1v) is 10.1. The lowest BCUT2D eigenvalue weighted by atomic mass is 9.98. The first-order chi connectivity index (χ1) is 12.3. The smallest absolute Gasteiger partial charge is 0.262 e. The Morgan fingerprint density at radius 1 is 1.04 bits per heavy atom. The fraction of sp³-hybridized carbons (Fsp3) is 0.316. The lowest BCUT2D eigenvalue weighted by Gasteiger charge is -2.22. The topological polar surface area (TPSA) is 101 Å². The normalized spacial score (nSPS) is 16.2. The summed E-state index contributed by atoms with van der Waals surface area (Å²) < 4.78 is 28.0. The van der Waals surface area contributed by atoms with Crippen LogP contribution in [0.4, 0.5) is 11.4 Å². The SMILES string of the molecule is Cc1ccc(NC(=O)C2(N)CCCC2)cc1S(=O)(=O)Nc1ccccc1. The molecule has 0 bridgehead atoms. The van der Waals surface area contributed by atoms with Crippen LogP contribution < -0.4 is 15.8 Å². The van der Waals surface area contributed by atoms with E-state index in [0.29, 0.717) is 29.8 Å². The van der Waals surface area contributed by atoms with Crippen LogP contribution in [0.25, 0.3) is 0 Å². The number of anilines is 2. The summed E-state index contributed by atoms with van der Waals surface area (Å²) in [4.78, 5) is 12.6. The van der Waals surface area contributed by atoms with Gasteiger partial charge in [0.1, 0.15) is 0 Å². The molecule has 1 aliphatic carbocycles. The number of aryl methyl sites for hydroxylation is 1. The number of sulfonamides is 1. The molecule has 26 heavy (non-hydrogen) atoms. The van der Waals surface area contributed by atoms with E-state index >= 15 is 0 Å². The molecule has 0 saturated heterocycles. The summed E-state index contributed by atoms with van der Waals surface area (Å²) in [5.41, 5.74) is 6.79. The molecule has 7 heteroatoms. The summed E-state index contributed by atoms with van der Waals surface area (Å²) in [6.07, 6.45) is 3.15. The molecule has 0 radical (unpaired) electrons. The van der Waals surface area contributed by atoms with Gasteiger partial charge in [-0.05, 0) is 49.6 Å². The van der Waals surface area contributed by atoms with E-state index < -0.39 is 15.6 Å². The highest BCUT2D eigenvalue weighted by Gasteiger charge is 2.37. The van der Waals surface area contributed by atoms with Crippen molar-refractivity contribution in [1.29, 1.82) is 0 Å². The zero-order valence-corrected chi connectivity index (χ0v) is 15.5. The van der Waals surface area contributed by atoms with Gasteiger partial charge in [-0.2, -0.15) is 0 Å². The Bertz CT molecular complexity index is 905. The maximum absolute atomic E-state index is 12.7. The minimum Gasteiger partial charge on any atom is -0.324 e. The summed E-state index contributed by atoms with van der Waals surface area (Å²) in [5.74, 6) is -0.266. The number of hydrogen-bond acceptors (Lipinski definition) is 4. The molecule has 1 aliphatic rings. The van der Waals surface area contributed by atoms with Crippen molar-refractivity contribution in [2.24, 2.45) is 5.73 Å². The van der Waals surface area contributed by atoms with Gasteiger partial charge in [0, 0.05) is 11.4 Å². The maximum Gasteiger partial charge on any atom is 0.262 e. The van der Waals surface area contributed by atoms with Gasteiger partial charge >= 0.3 is 0 Å². The van der Waals surface area contributed by atoms with Crippen LogP contribution in [-0.2, 0) is 14.8 Å². The average Bonchev–Trinajstić information content (AvgIpc) is 3.05. The zero-order chi connectivity index (χ0) is 18.8. The van der Waals surface area contributed by atoms with Gasteiger partial charge in [0.15, 0.2) is 0 Å². The number of nitrogens with two attached hydrogens (primary N) is 1. The summed E-state index contributed by atoms with van der Waals surface area (Å²) in [6.45, 7) is 1.71. The average molecular weight is 373 g/mol. The highest BCUT2D eigenvalue weighted by Crippen LogP contribution is 2.29. The van der Waals surface area contributed by atoms with E-state index in [2.05, 4.69) is 10.0 Å². The molecule has 0 heterocycles. The Balaban J connectivity index is 1.84. The number of hydrogen-bond donors (Lipinski definition) is 3. The zero-order valence-electron chi connectivity index (χ0n) is 14.7. The van der Waals surface area contributed by atoms with Crippen LogP contribution in [0.3, 0.4) is 0 Å². The number of amides is 1. The van der Waals surface area contributed by atoms with Crippen LogP contribution in [0.2, 0.25) is 0 Å². The molecule has 0 unspecified atom stereocenters. The fourth-order valence-corrected chi connectivity index (χ4v) is 4.50. The molecule has 2 aromatic rings. The summed E-state index contributed by atoms with van der Waals surface area (Å²) in [5, 5.41) is 2.77. The molecule has 1 amide bonds. The Hall–Kier alpha value is -2.38. The molecule has 1 saturated carbocycles. The standard InChI is InChI=1S/C19H23N3O3S/c1-14-9-10-16(21-18(23)19(20)11-5-6-12-19)13-17(14)26(24,25)22-15-7-3-2-4-8-15/h2-4,7-10,13,22H,5-6,11-12,20H2,1H3,(H,21,23). The van der Waals surface area contributed by atoms with Crippen LogP contribution >= 0.6 is 0 Å². The number of carbonyl (C=O) groups excluding carboxylic acids is 1. The van der Waals surface area contributed by atoms with Crippen LogP contribution in [0.1, 0.15) is 31.2 Å². The number of para-hydroxylation sites is 1. The van der Waals surface area contributed by atoms with Crippen LogP contribution in [0.15, 0.2) is 53.4 Å². The molecular formula is C19H23N3O3S. The second kappa shape index (κ2) is 7.09. The fourth-order valence-electron chi connectivity index (χ4n) is 3.17. The number of rotatable bonds is 5. The van der Waals surface area contributed by atoms with Crippen molar-refractivity contribution < 1.29 is 13.2 Å². The molecule has 3 rings (SSSR count). The molecule has 0 atom stereocenters. The Labute approximate surface area is 153 Å². The van der Waals surface area contributed by atoms with E-state index in [9.17, 15) is 13.2 Å². The second-order valence-electron chi connectivity index (χ2n) is 6.77. The van der Waals surface area contributed by atoms with Gasteiger partial charge in [-0.1, -0.05) is 37.1 Å². The summed E-state index contributed by atoms with van der Waals surface area (Å²) in [6, 6.07) is 13.5. The third kappa shape index (κ3) is 3.89. The molecular weight excluding hydrogens is 350 g/mol. The van der Waals surface area contributed by atoms with Gasteiger partial charge in [0.05, 0.1) is 10.4 Å². The van der Waals surface area contributed by atoms with E-state index in [-0.39, 0.29) is 10.8 Å². The molecule has 0 spiro atoms. The van der Waals surface area contributed by atoms with Crippen LogP contribution in [0, 0.1) is 6.92 Å².